The second-order valence-corrected chi connectivity index (χ2v) is 5.34. The first-order valence-electron chi connectivity index (χ1n) is 6.93. The van der Waals surface area contributed by atoms with Gasteiger partial charge in [0.2, 0.25) is 5.91 Å². The molecule has 120 valence electrons. The molecule has 1 amide bonds. The van der Waals surface area contributed by atoms with E-state index in [9.17, 15) is 18.4 Å². The van der Waals surface area contributed by atoms with Gasteiger partial charge in [0.1, 0.15) is 5.75 Å². The number of aryl methyl sites for hydroxylation is 1. The van der Waals surface area contributed by atoms with Crippen molar-refractivity contribution in [3.63, 3.8) is 0 Å². The van der Waals surface area contributed by atoms with Crippen LogP contribution < -0.4 is 10.1 Å². The van der Waals surface area contributed by atoms with Crippen LogP contribution in [0.3, 0.4) is 0 Å². The minimum atomic E-state index is -2.94. The number of ether oxygens (including phenoxy) is 1. The van der Waals surface area contributed by atoms with Crippen molar-refractivity contribution in [3.05, 3.63) is 29.3 Å². The third-order valence-corrected chi connectivity index (χ3v) is 3.81. The Kier molecular flexibility index (Phi) is 4.95. The van der Waals surface area contributed by atoms with Crippen molar-refractivity contribution < 1.29 is 28.2 Å². The summed E-state index contributed by atoms with van der Waals surface area (Å²) < 4.78 is 29.1. The third kappa shape index (κ3) is 3.72. The molecule has 0 aromatic heterocycles. The summed E-state index contributed by atoms with van der Waals surface area (Å²) in [6.07, 6.45) is 1.01. The maximum atomic E-state index is 12.4. The lowest BCUT2D eigenvalue weighted by Gasteiger charge is -2.32. The van der Waals surface area contributed by atoms with E-state index < -0.39 is 24.4 Å². The molecule has 1 fully saturated rings. The number of carboxylic acid groups (broad SMARTS) is 1. The molecule has 1 saturated carbocycles. The SMILES string of the molecule is Cc1ccc(OC(F)F)c(CNC(=O)C2CCC2C(=O)O)c1. The first-order valence-corrected chi connectivity index (χ1v) is 6.93. The molecule has 1 aliphatic carbocycles. The van der Waals surface area contributed by atoms with E-state index in [-0.39, 0.29) is 18.2 Å². The highest BCUT2D eigenvalue weighted by atomic mass is 19.3. The second-order valence-electron chi connectivity index (χ2n) is 5.34. The molecule has 2 rings (SSSR count). The van der Waals surface area contributed by atoms with Crippen LogP contribution in [-0.4, -0.2) is 23.6 Å². The van der Waals surface area contributed by atoms with Crippen LogP contribution in [0.1, 0.15) is 24.0 Å². The van der Waals surface area contributed by atoms with Gasteiger partial charge in [0.05, 0.1) is 11.8 Å². The van der Waals surface area contributed by atoms with Crippen LogP contribution in [-0.2, 0) is 16.1 Å². The average Bonchev–Trinajstić information content (AvgIpc) is 2.36. The van der Waals surface area contributed by atoms with Crippen molar-refractivity contribution in [2.24, 2.45) is 11.8 Å². The lowest BCUT2D eigenvalue weighted by molar-refractivity contribution is -0.152. The Hall–Kier alpha value is -2.18. The zero-order valence-corrected chi connectivity index (χ0v) is 12.0. The Morgan fingerprint density at radius 1 is 1.36 bits per heavy atom. The minimum absolute atomic E-state index is 0.00398. The van der Waals surface area contributed by atoms with E-state index in [1.807, 2.05) is 0 Å². The molecule has 1 aromatic rings. The second kappa shape index (κ2) is 6.72. The van der Waals surface area contributed by atoms with Crippen molar-refractivity contribution >= 4 is 11.9 Å². The molecular weight excluding hydrogens is 296 g/mol. The predicted molar refractivity (Wildman–Crippen MR) is 73.5 cm³/mol. The molecule has 2 N–H and O–H groups in total. The number of nitrogens with one attached hydrogen (secondary N) is 1. The Balaban J connectivity index is 2.00. The Morgan fingerprint density at radius 3 is 2.59 bits per heavy atom. The molecule has 5 nitrogen and oxygen atoms in total. The summed E-state index contributed by atoms with van der Waals surface area (Å²) in [4.78, 5) is 22.9. The fourth-order valence-corrected chi connectivity index (χ4v) is 2.48. The molecule has 2 unspecified atom stereocenters. The van der Waals surface area contributed by atoms with Gasteiger partial charge in [0, 0.05) is 12.1 Å². The summed E-state index contributed by atoms with van der Waals surface area (Å²) in [7, 11) is 0. The van der Waals surface area contributed by atoms with E-state index in [0.29, 0.717) is 18.4 Å². The summed E-state index contributed by atoms with van der Waals surface area (Å²) in [6.45, 7) is -1.13. The first-order chi connectivity index (χ1) is 10.4. The van der Waals surface area contributed by atoms with Crippen LogP contribution in [0.25, 0.3) is 0 Å². The van der Waals surface area contributed by atoms with Gasteiger partial charge in [0.25, 0.3) is 0 Å². The van der Waals surface area contributed by atoms with Crippen LogP contribution in [0.5, 0.6) is 5.75 Å². The van der Waals surface area contributed by atoms with E-state index in [1.54, 1.807) is 19.1 Å². The van der Waals surface area contributed by atoms with E-state index in [0.717, 1.165) is 5.56 Å². The number of carboxylic acids is 1. The number of carbonyl (C=O) groups excluding carboxylic acids is 1. The highest BCUT2D eigenvalue weighted by molar-refractivity contribution is 5.86. The van der Waals surface area contributed by atoms with Crippen LogP contribution in [0.4, 0.5) is 8.78 Å². The number of rotatable bonds is 6. The van der Waals surface area contributed by atoms with E-state index in [1.165, 1.54) is 6.07 Å². The average molecular weight is 313 g/mol. The predicted octanol–water partition coefficient (Wildman–Crippen LogP) is 2.32. The smallest absolute Gasteiger partial charge is 0.387 e. The van der Waals surface area contributed by atoms with E-state index >= 15 is 0 Å². The highest BCUT2D eigenvalue weighted by Gasteiger charge is 2.41. The molecule has 1 aliphatic rings. The zero-order chi connectivity index (χ0) is 16.3. The number of amides is 1. The van der Waals surface area contributed by atoms with Gasteiger partial charge in [-0.05, 0) is 25.8 Å². The Labute approximate surface area is 126 Å². The Bertz CT molecular complexity index is 577. The first kappa shape index (κ1) is 16.2. The van der Waals surface area contributed by atoms with Crippen LogP contribution in [0, 0.1) is 18.8 Å². The molecule has 22 heavy (non-hydrogen) atoms. The minimum Gasteiger partial charge on any atom is -0.481 e. The fraction of sp³-hybridized carbons (Fsp3) is 0.467. The summed E-state index contributed by atoms with van der Waals surface area (Å²) in [6, 6.07) is 4.70. The van der Waals surface area contributed by atoms with Crippen LogP contribution >= 0.6 is 0 Å². The zero-order valence-electron chi connectivity index (χ0n) is 12.0. The van der Waals surface area contributed by atoms with Crippen molar-refractivity contribution in [2.75, 3.05) is 0 Å². The normalized spacial score (nSPS) is 20.4. The summed E-state index contributed by atoms with van der Waals surface area (Å²) in [5.41, 5.74) is 1.28. The molecule has 1 aromatic carbocycles. The topological polar surface area (TPSA) is 75.6 Å². The molecule has 0 saturated heterocycles. The standard InChI is InChI=1S/C15H17F2NO4/c1-8-2-5-12(22-15(16)17)9(6-8)7-18-13(19)10-3-4-11(10)14(20)21/h2,5-6,10-11,15H,3-4,7H2,1H3,(H,18,19)(H,20,21). The molecule has 0 radical (unpaired) electrons. The van der Waals surface area contributed by atoms with Crippen molar-refractivity contribution in [2.45, 2.75) is 32.9 Å². The number of aliphatic carboxylic acids is 1. The van der Waals surface area contributed by atoms with Gasteiger partial charge in [-0.1, -0.05) is 17.7 Å². The van der Waals surface area contributed by atoms with Gasteiger partial charge in [-0.25, -0.2) is 0 Å². The van der Waals surface area contributed by atoms with Crippen LogP contribution in [0.2, 0.25) is 0 Å². The van der Waals surface area contributed by atoms with Gasteiger partial charge in [-0.3, -0.25) is 9.59 Å². The molecule has 2 atom stereocenters. The molecule has 7 heteroatoms. The maximum Gasteiger partial charge on any atom is 0.387 e. The Morgan fingerprint density at radius 2 is 2.05 bits per heavy atom. The van der Waals surface area contributed by atoms with Crippen molar-refractivity contribution in [3.8, 4) is 5.75 Å². The van der Waals surface area contributed by atoms with Crippen LogP contribution in [0.15, 0.2) is 18.2 Å². The van der Waals surface area contributed by atoms with Gasteiger partial charge >= 0.3 is 12.6 Å². The van der Waals surface area contributed by atoms with E-state index in [4.69, 9.17) is 5.11 Å². The summed E-state index contributed by atoms with van der Waals surface area (Å²) in [5, 5.41) is 11.5. The molecule has 0 spiro atoms. The summed E-state index contributed by atoms with van der Waals surface area (Å²) >= 11 is 0. The lowest BCUT2D eigenvalue weighted by atomic mass is 9.73. The fourth-order valence-electron chi connectivity index (χ4n) is 2.48. The van der Waals surface area contributed by atoms with E-state index in [2.05, 4.69) is 10.1 Å². The number of carbonyl (C=O) groups is 2. The monoisotopic (exact) mass is 313 g/mol. The number of halogens is 2. The van der Waals surface area contributed by atoms with Crippen molar-refractivity contribution in [1.29, 1.82) is 0 Å². The molecule has 0 bridgehead atoms. The lowest BCUT2D eigenvalue weighted by Crippen LogP contribution is -2.43. The van der Waals surface area contributed by atoms with Gasteiger partial charge < -0.3 is 15.2 Å². The number of alkyl halides is 2. The van der Waals surface area contributed by atoms with Gasteiger partial charge in [-0.15, -0.1) is 0 Å². The molecule has 0 heterocycles. The quantitative estimate of drug-likeness (QED) is 0.845. The number of hydrogen-bond acceptors (Lipinski definition) is 3. The maximum absolute atomic E-state index is 12.4. The third-order valence-electron chi connectivity index (χ3n) is 3.81. The number of benzene rings is 1. The summed E-state index contributed by atoms with van der Waals surface area (Å²) in [5.74, 6) is -2.56. The van der Waals surface area contributed by atoms with Gasteiger partial charge in [-0.2, -0.15) is 8.78 Å². The number of hydrogen-bond donors (Lipinski definition) is 2. The largest absolute Gasteiger partial charge is 0.481 e. The molecular formula is C15H17F2NO4. The molecule has 0 aliphatic heterocycles. The van der Waals surface area contributed by atoms with Gasteiger partial charge in [0.15, 0.2) is 0 Å². The highest BCUT2D eigenvalue weighted by Crippen LogP contribution is 2.34. The van der Waals surface area contributed by atoms with Crippen molar-refractivity contribution in [1.82, 2.24) is 5.32 Å².